The zero-order valence-electron chi connectivity index (χ0n) is 11.1. The van der Waals surface area contributed by atoms with E-state index in [0.717, 1.165) is 23.3 Å². The zero-order valence-corrected chi connectivity index (χ0v) is 11.9. The first-order chi connectivity index (χ1) is 8.69. The molecule has 0 aliphatic rings. The maximum absolute atomic E-state index is 11.7. The number of carbonyl (C=O) groups is 1. The Morgan fingerprint density at radius 2 is 1.89 bits per heavy atom. The number of rotatable bonds is 7. The molecule has 0 radical (unpaired) electrons. The van der Waals surface area contributed by atoms with E-state index in [9.17, 15) is 4.79 Å². The van der Waals surface area contributed by atoms with Gasteiger partial charge in [-0.15, -0.1) is 11.8 Å². The summed E-state index contributed by atoms with van der Waals surface area (Å²) < 4.78 is 0. The number of thioether (sulfide) groups is 1. The van der Waals surface area contributed by atoms with Crippen molar-refractivity contribution in [1.29, 1.82) is 0 Å². The summed E-state index contributed by atoms with van der Waals surface area (Å²) >= 11 is 1.56. The van der Waals surface area contributed by atoms with E-state index in [1.807, 2.05) is 24.3 Å². The first-order valence-electron chi connectivity index (χ1n) is 6.40. The van der Waals surface area contributed by atoms with Gasteiger partial charge in [-0.3, -0.25) is 4.79 Å². The lowest BCUT2D eigenvalue weighted by molar-refractivity contribution is -0.119. The van der Waals surface area contributed by atoms with Crippen molar-refractivity contribution in [2.24, 2.45) is 5.73 Å². The van der Waals surface area contributed by atoms with Gasteiger partial charge in [0.2, 0.25) is 5.91 Å². The Labute approximate surface area is 114 Å². The van der Waals surface area contributed by atoms with Gasteiger partial charge in [-0.2, -0.15) is 0 Å². The second-order valence-electron chi connectivity index (χ2n) is 4.22. The normalized spacial score (nSPS) is 10.7. The SMILES string of the molecule is CCC(CC)NC(=O)CSc1ccc(CN)cc1. The van der Waals surface area contributed by atoms with Gasteiger partial charge in [0, 0.05) is 17.5 Å². The molecule has 0 fully saturated rings. The van der Waals surface area contributed by atoms with Crippen molar-refractivity contribution in [3.05, 3.63) is 29.8 Å². The van der Waals surface area contributed by atoms with Gasteiger partial charge in [-0.1, -0.05) is 26.0 Å². The van der Waals surface area contributed by atoms with Gasteiger partial charge in [0.05, 0.1) is 5.75 Å². The van der Waals surface area contributed by atoms with Crippen LogP contribution >= 0.6 is 11.8 Å². The first-order valence-corrected chi connectivity index (χ1v) is 7.39. The van der Waals surface area contributed by atoms with Crippen molar-refractivity contribution in [3.63, 3.8) is 0 Å². The number of hydrogen-bond acceptors (Lipinski definition) is 3. The maximum atomic E-state index is 11.7. The number of nitrogens with one attached hydrogen (secondary N) is 1. The molecule has 0 aliphatic heterocycles. The average molecular weight is 266 g/mol. The molecule has 1 aromatic carbocycles. The third kappa shape index (κ3) is 5.10. The molecule has 1 amide bonds. The highest BCUT2D eigenvalue weighted by atomic mass is 32.2. The molecule has 0 saturated heterocycles. The van der Waals surface area contributed by atoms with Crippen LogP contribution in [0.5, 0.6) is 0 Å². The molecule has 3 N–H and O–H groups in total. The average Bonchev–Trinajstić information content (AvgIpc) is 2.43. The Balaban J connectivity index is 2.37. The summed E-state index contributed by atoms with van der Waals surface area (Å²) in [5.74, 6) is 0.579. The van der Waals surface area contributed by atoms with Crippen LogP contribution in [0, 0.1) is 0 Å². The van der Waals surface area contributed by atoms with E-state index in [1.54, 1.807) is 11.8 Å². The second kappa shape index (κ2) is 8.16. The number of amides is 1. The zero-order chi connectivity index (χ0) is 13.4. The highest BCUT2D eigenvalue weighted by Crippen LogP contribution is 2.18. The van der Waals surface area contributed by atoms with Crippen LogP contribution in [-0.2, 0) is 11.3 Å². The summed E-state index contributed by atoms with van der Waals surface area (Å²) in [7, 11) is 0. The fraction of sp³-hybridized carbons (Fsp3) is 0.500. The van der Waals surface area contributed by atoms with E-state index < -0.39 is 0 Å². The molecule has 1 aromatic rings. The van der Waals surface area contributed by atoms with Crippen LogP contribution in [0.3, 0.4) is 0 Å². The van der Waals surface area contributed by atoms with Crippen LogP contribution in [0.25, 0.3) is 0 Å². The third-order valence-corrected chi connectivity index (χ3v) is 3.89. The molecule has 0 atom stereocenters. The van der Waals surface area contributed by atoms with Gasteiger partial charge in [0.15, 0.2) is 0 Å². The molecule has 0 bridgehead atoms. The van der Waals surface area contributed by atoms with Gasteiger partial charge in [-0.25, -0.2) is 0 Å². The predicted molar refractivity (Wildman–Crippen MR) is 77.6 cm³/mol. The summed E-state index contributed by atoms with van der Waals surface area (Å²) in [4.78, 5) is 12.8. The summed E-state index contributed by atoms with van der Waals surface area (Å²) in [5.41, 5.74) is 6.65. The van der Waals surface area contributed by atoms with E-state index in [4.69, 9.17) is 5.73 Å². The van der Waals surface area contributed by atoms with Crippen molar-refractivity contribution >= 4 is 17.7 Å². The molecular weight excluding hydrogens is 244 g/mol. The predicted octanol–water partition coefficient (Wildman–Crippen LogP) is 2.54. The second-order valence-corrected chi connectivity index (χ2v) is 5.27. The number of benzene rings is 1. The minimum Gasteiger partial charge on any atom is -0.353 e. The Morgan fingerprint density at radius 3 is 2.39 bits per heavy atom. The third-order valence-electron chi connectivity index (χ3n) is 2.88. The summed E-state index contributed by atoms with van der Waals surface area (Å²) in [6, 6.07) is 8.33. The molecule has 100 valence electrons. The smallest absolute Gasteiger partial charge is 0.230 e. The van der Waals surface area contributed by atoms with E-state index >= 15 is 0 Å². The summed E-state index contributed by atoms with van der Waals surface area (Å²) in [6.45, 7) is 4.74. The standard InChI is InChI=1S/C14H22N2OS/c1-3-12(4-2)16-14(17)10-18-13-7-5-11(9-15)6-8-13/h5-8,12H,3-4,9-10,15H2,1-2H3,(H,16,17). The Hall–Kier alpha value is -1.00. The van der Waals surface area contributed by atoms with Crippen molar-refractivity contribution in [2.45, 2.75) is 44.2 Å². The van der Waals surface area contributed by atoms with Crippen molar-refractivity contribution < 1.29 is 4.79 Å². The van der Waals surface area contributed by atoms with E-state index in [-0.39, 0.29) is 5.91 Å². The van der Waals surface area contributed by atoms with Crippen LogP contribution in [0.4, 0.5) is 0 Å². The van der Waals surface area contributed by atoms with Crippen molar-refractivity contribution in [2.75, 3.05) is 5.75 Å². The van der Waals surface area contributed by atoms with E-state index in [1.165, 1.54) is 0 Å². The van der Waals surface area contributed by atoms with Crippen molar-refractivity contribution in [1.82, 2.24) is 5.32 Å². The number of hydrogen-bond donors (Lipinski definition) is 2. The van der Waals surface area contributed by atoms with Crippen LogP contribution in [0.2, 0.25) is 0 Å². The van der Waals surface area contributed by atoms with Crippen LogP contribution in [-0.4, -0.2) is 17.7 Å². The van der Waals surface area contributed by atoms with Crippen LogP contribution < -0.4 is 11.1 Å². The lowest BCUT2D eigenvalue weighted by Crippen LogP contribution is -2.34. The van der Waals surface area contributed by atoms with E-state index in [0.29, 0.717) is 18.3 Å². The fourth-order valence-corrected chi connectivity index (χ4v) is 2.34. The number of nitrogens with two attached hydrogens (primary N) is 1. The summed E-state index contributed by atoms with van der Waals surface area (Å²) in [5, 5.41) is 3.03. The molecule has 0 spiro atoms. The molecule has 1 rings (SSSR count). The number of carbonyl (C=O) groups excluding carboxylic acids is 1. The molecule has 0 unspecified atom stereocenters. The molecule has 3 nitrogen and oxygen atoms in total. The molecule has 4 heteroatoms. The molecular formula is C14H22N2OS. The maximum Gasteiger partial charge on any atom is 0.230 e. The van der Waals surface area contributed by atoms with Crippen LogP contribution in [0.1, 0.15) is 32.3 Å². The largest absolute Gasteiger partial charge is 0.353 e. The Kier molecular flexibility index (Phi) is 6.83. The van der Waals surface area contributed by atoms with Gasteiger partial charge in [0.1, 0.15) is 0 Å². The monoisotopic (exact) mass is 266 g/mol. The lowest BCUT2D eigenvalue weighted by atomic mass is 10.2. The van der Waals surface area contributed by atoms with E-state index in [2.05, 4.69) is 19.2 Å². The molecule has 0 saturated carbocycles. The van der Waals surface area contributed by atoms with Crippen LogP contribution in [0.15, 0.2) is 29.2 Å². The Morgan fingerprint density at radius 1 is 1.28 bits per heavy atom. The minimum absolute atomic E-state index is 0.108. The highest BCUT2D eigenvalue weighted by Gasteiger charge is 2.08. The topological polar surface area (TPSA) is 55.1 Å². The lowest BCUT2D eigenvalue weighted by Gasteiger charge is -2.14. The molecule has 0 heterocycles. The molecule has 0 aromatic heterocycles. The summed E-state index contributed by atoms with van der Waals surface area (Å²) in [6.07, 6.45) is 1.97. The minimum atomic E-state index is 0.108. The van der Waals surface area contributed by atoms with Gasteiger partial charge in [-0.05, 0) is 30.5 Å². The molecule has 18 heavy (non-hydrogen) atoms. The van der Waals surface area contributed by atoms with Crippen molar-refractivity contribution in [3.8, 4) is 0 Å². The Bertz CT molecular complexity index is 361. The van der Waals surface area contributed by atoms with Gasteiger partial charge < -0.3 is 11.1 Å². The fourth-order valence-electron chi connectivity index (χ4n) is 1.63. The van der Waals surface area contributed by atoms with Gasteiger partial charge >= 0.3 is 0 Å². The van der Waals surface area contributed by atoms with Gasteiger partial charge in [0.25, 0.3) is 0 Å². The quantitative estimate of drug-likeness (QED) is 0.746. The first kappa shape index (κ1) is 15.1. The highest BCUT2D eigenvalue weighted by molar-refractivity contribution is 8.00. The molecule has 0 aliphatic carbocycles.